The smallest absolute Gasteiger partial charge is 0.217 e. The van der Waals surface area contributed by atoms with E-state index in [-0.39, 0.29) is 18.3 Å². The van der Waals surface area contributed by atoms with Crippen molar-refractivity contribution in [2.24, 2.45) is 11.7 Å². The molecule has 4 nitrogen and oxygen atoms in total. The summed E-state index contributed by atoms with van der Waals surface area (Å²) in [5.41, 5.74) is 13.1. The molecule has 1 saturated heterocycles. The molecule has 1 amide bonds. The second-order valence-corrected chi connectivity index (χ2v) is 5.16. The zero-order valence-corrected chi connectivity index (χ0v) is 11.9. The average Bonchev–Trinajstić information content (AvgIpc) is 2.28. The highest BCUT2D eigenvalue weighted by Crippen LogP contribution is 2.21. The van der Waals surface area contributed by atoms with E-state index in [1.165, 1.54) is 5.56 Å². The third kappa shape index (κ3) is 5.09. The first kappa shape index (κ1) is 15.8. The van der Waals surface area contributed by atoms with Crippen LogP contribution in [0, 0.1) is 5.92 Å². The molecule has 0 radical (unpaired) electrons. The minimum absolute atomic E-state index is 0. The maximum atomic E-state index is 11.0. The number of nitrogens with two attached hydrogens (primary N) is 2. The van der Waals surface area contributed by atoms with Crippen LogP contribution < -0.4 is 11.5 Å². The topological polar surface area (TPSA) is 72.4 Å². The fraction of sp³-hybridized carbons (Fsp3) is 0.500. The lowest BCUT2D eigenvalue weighted by atomic mass is 9.94. The van der Waals surface area contributed by atoms with Crippen molar-refractivity contribution >= 4 is 24.0 Å². The number of nitrogens with zero attached hydrogens (tertiary/aromatic N) is 1. The summed E-state index contributed by atoms with van der Waals surface area (Å²) in [6.45, 7) is 2.95. The number of primary amides is 1. The number of nitrogen functional groups attached to an aromatic ring is 1. The van der Waals surface area contributed by atoms with E-state index in [1.807, 2.05) is 18.2 Å². The molecule has 0 bridgehead atoms. The molecule has 5 heteroatoms. The van der Waals surface area contributed by atoms with Crippen molar-refractivity contribution < 1.29 is 4.79 Å². The summed E-state index contributed by atoms with van der Waals surface area (Å²) < 4.78 is 0. The number of halogens is 1. The first-order valence-electron chi connectivity index (χ1n) is 6.48. The van der Waals surface area contributed by atoms with Crippen molar-refractivity contribution in [2.45, 2.75) is 25.8 Å². The Morgan fingerprint density at radius 1 is 1.42 bits per heavy atom. The molecule has 1 aliphatic rings. The van der Waals surface area contributed by atoms with Gasteiger partial charge in [0.2, 0.25) is 5.91 Å². The van der Waals surface area contributed by atoms with Crippen LogP contribution in [0.25, 0.3) is 0 Å². The van der Waals surface area contributed by atoms with E-state index in [0.717, 1.165) is 38.2 Å². The van der Waals surface area contributed by atoms with Crippen LogP contribution in [-0.4, -0.2) is 23.9 Å². The summed E-state index contributed by atoms with van der Waals surface area (Å²) in [6.07, 6.45) is 2.75. The highest BCUT2D eigenvalue weighted by Gasteiger charge is 2.21. The minimum Gasteiger partial charge on any atom is -0.399 e. The molecular formula is C14H22ClN3O. The molecule has 0 saturated carbocycles. The number of likely N-dealkylation sites (tertiary alicyclic amines) is 1. The lowest BCUT2D eigenvalue weighted by Gasteiger charge is -2.32. The lowest BCUT2D eigenvalue weighted by Crippen LogP contribution is -2.36. The summed E-state index contributed by atoms with van der Waals surface area (Å²) in [7, 11) is 0. The van der Waals surface area contributed by atoms with Gasteiger partial charge in [-0.2, -0.15) is 0 Å². The van der Waals surface area contributed by atoms with Gasteiger partial charge in [0.05, 0.1) is 0 Å². The second-order valence-electron chi connectivity index (χ2n) is 5.16. The molecule has 19 heavy (non-hydrogen) atoms. The van der Waals surface area contributed by atoms with Gasteiger partial charge in [-0.05, 0) is 43.0 Å². The first-order valence-corrected chi connectivity index (χ1v) is 6.48. The molecule has 1 heterocycles. The van der Waals surface area contributed by atoms with Crippen LogP contribution in [0.4, 0.5) is 5.69 Å². The average molecular weight is 284 g/mol. The largest absolute Gasteiger partial charge is 0.399 e. The molecule has 1 aliphatic heterocycles. The van der Waals surface area contributed by atoms with Gasteiger partial charge in [0.25, 0.3) is 0 Å². The fourth-order valence-electron chi connectivity index (χ4n) is 2.70. The van der Waals surface area contributed by atoms with E-state index in [4.69, 9.17) is 11.5 Å². The standard InChI is InChI=1S/C14H21N3O.ClH/c15-13-5-1-3-11(7-13)9-17-6-2-4-12(10-17)8-14(16)18;/h1,3,5,7,12H,2,4,6,8-10,15H2,(H2,16,18);1H. The van der Waals surface area contributed by atoms with Gasteiger partial charge in [-0.1, -0.05) is 12.1 Å². The molecule has 1 fully saturated rings. The van der Waals surface area contributed by atoms with Crippen LogP contribution in [0.5, 0.6) is 0 Å². The molecule has 0 aliphatic carbocycles. The quantitative estimate of drug-likeness (QED) is 0.828. The Morgan fingerprint density at radius 3 is 2.89 bits per heavy atom. The van der Waals surface area contributed by atoms with Crippen molar-refractivity contribution in [1.82, 2.24) is 4.90 Å². The third-order valence-electron chi connectivity index (χ3n) is 3.45. The van der Waals surface area contributed by atoms with Gasteiger partial charge in [-0.3, -0.25) is 9.69 Å². The van der Waals surface area contributed by atoms with E-state index in [9.17, 15) is 4.79 Å². The lowest BCUT2D eigenvalue weighted by molar-refractivity contribution is -0.119. The van der Waals surface area contributed by atoms with Crippen LogP contribution in [0.1, 0.15) is 24.8 Å². The van der Waals surface area contributed by atoms with Crippen LogP contribution in [-0.2, 0) is 11.3 Å². The molecule has 2 rings (SSSR count). The Labute approximate surface area is 120 Å². The van der Waals surface area contributed by atoms with Crippen LogP contribution in [0.3, 0.4) is 0 Å². The normalized spacial score (nSPS) is 19.7. The highest BCUT2D eigenvalue weighted by molar-refractivity contribution is 5.85. The van der Waals surface area contributed by atoms with Gasteiger partial charge >= 0.3 is 0 Å². The second kappa shape index (κ2) is 7.36. The Kier molecular flexibility index (Phi) is 6.12. The Balaban J connectivity index is 0.00000180. The summed E-state index contributed by atoms with van der Waals surface area (Å²) in [5, 5.41) is 0. The third-order valence-corrected chi connectivity index (χ3v) is 3.45. The SMILES string of the molecule is Cl.NC(=O)CC1CCCN(Cc2cccc(N)c2)C1. The number of amides is 1. The van der Waals surface area contributed by atoms with Gasteiger partial charge in [-0.25, -0.2) is 0 Å². The number of rotatable bonds is 4. The van der Waals surface area contributed by atoms with Gasteiger partial charge in [-0.15, -0.1) is 12.4 Å². The number of anilines is 1. The fourth-order valence-corrected chi connectivity index (χ4v) is 2.70. The highest BCUT2D eigenvalue weighted by atomic mass is 35.5. The molecule has 1 atom stereocenters. The number of hydrogen-bond acceptors (Lipinski definition) is 3. The van der Waals surface area contributed by atoms with E-state index >= 15 is 0 Å². The predicted octanol–water partition coefficient (Wildman–Crippen LogP) is 1.78. The predicted molar refractivity (Wildman–Crippen MR) is 79.9 cm³/mol. The van der Waals surface area contributed by atoms with E-state index in [1.54, 1.807) is 0 Å². The van der Waals surface area contributed by atoms with Crippen LogP contribution in [0.2, 0.25) is 0 Å². The summed E-state index contributed by atoms with van der Waals surface area (Å²) in [5.74, 6) is 0.225. The molecule has 1 unspecified atom stereocenters. The van der Waals surface area contributed by atoms with E-state index in [0.29, 0.717) is 12.3 Å². The number of carbonyl (C=O) groups is 1. The number of benzene rings is 1. The van der Waals surface area contributed by atoms with E-state index < -0.39 is 0 Å². The maximum absolute atomic E-state index is 11.0. The van der Waals surface area contributed by atoms with Gasteiger partial charge in [0, 0.05) is 25.2 Å². The molecule has 106 valence electrons. The zero-order valence-electron chi connectivity index (χ0n) is 11.0. The Bertz CT molecular complexity index is 425. The van der Waals surface area contributed by atoms with Crippen molar-refractivity contribution in [3.05, 3.63) is 29.8 Å². The molecule has 1 aromatic rings. The molecule has 0 aromatic heterocycles. The Hall–Kier alpha value is -1.26. The minimum atomic E-state index is -0.189. The maximum Gasteiger partial charge on any atom is 0.217 e. The molecule has 0 spiro atoms. The summed E-state index contributed by atoms with van der Waals surface area (Å²) in [4.78, 5) is 13.3. The van der Waals surface area contributed by atoms with Crippen molar-refractivity contribution in [3.8, 4) is 0 Å². The number of hydrogen-bond donors (Lipinski definition) is 2. The van der Waals surface area contributed by atoms with E-state index in [2.05, 4.69) is 11.0 Å². The van der Waals surface area contributed by atoms with Crippen molar-refractivity contribution in [2.75, 3.05) is 18.8 Å². The zero-order chi connectivity index (χ0) is 13.0. The summed E-state index contributed by atoms with van der Waals surface area (Å²) >= 11 is 0. The van der Waals surface area contributed by atoms with Crippen molar-refractivity contribution in [3.63, 3.8) is 0 Å². The Morgan fingerprint density at radius 2 is 2.21 bits per heavy atom. The first-order chi connectivity index (χ1) is 8.63. The molecule has 4 N–H and O–H groups in total. The van der Waals surface area contributed by atoms with Gasteiger partial charge in [0.15, 0.2) is 0 Å². The monoisotopic (exact) mass is 283 g/mol. The molecule has 1 aromatic carbocycles. The number of piperidine rings is 1. The summed E-state index contributed by atoms with van der Waals surface area (Å²) in [6, 6.07) is 7.98. The van der Waals surface area contributed by atoms with Gasteiger partial charge < -0.3 is 11.5 Å². The van der Waals surface area contributed by atoms with Crippen LogP contribution >= 0.6 is 12.4 Å². The van der Waals surface area contributed by atoms with Crippen molar-refractivity contribution in [1.29, 1.82) is 0 Å². The van der Waals surface area contributed by atoms with Gasteiger partial charge in [0.1, 0.15) is 0 Å². The van der Waals surface area contributed by atoms with Crippen LogP contribution in [0.15, 0.2) is 24.3 Å². The number of carbonyl (C=O) groups excluding carboxylic acids is 1. The molecular weight excluding hydrogens is 262 g/mol.